The summed E-state index contributed by atoms with van der Waals surface area (Å²) in [5.74, 6) is 2.25. The Bertz CT molecular complexity index is 370. The summed E-state index contributed by atoms with van der Waals surface area (Å²) >= 11 is 1.98. The van der Waals surface area contributed by atoms with Crippen LogP contribution in [0.5, 0.6) is 0 Å². The van der Waals surface area contributed by atoms with Gasteiger partial charge < -0.3 is 10.8 Å². The van der Waals surface area contributed by atoms with Crippen LogP contribution < -0.4 is 5.73 Å². The number of nitrogens with two attached hydrogens (primary N) is 1. The summed E-state index contributed by atoms with van der Waals surface area (Å²) in [5, 5.41) is 9.07. The van der Waals surface area contributed by atoms with Crippen LogP contribution in [0.25, 0.3) is 0 Å². The standard InChI is InChI=1S/C16H27NOS/c1-13-8-14(2)10-15(9-13)11-19-7-5-4-6-16(3,17)12-18/h8-10,18H,4-7,11-12,17H2,1-3H3. The maximum Gasteiger partial charge on any atom is 0.0608 e. The van der Waals surface area contributed by atoms with Gasteiger partial charge in [-0.1, -0.05) is 35.7 Å². The van der Waals surface area contributed by atoms with E-state index in [0.29, 0.717) is 0 Å². The zero-order valence-electron chi connectivity index (χ0n) is 12.4. The molecule has 0 aliphatic heterocycles. The third-order valence-corrected chi connectivity index (χ3v) is 4.31. The molecule has 1 rings (SSSR count). The van der Waals surface area contributed by atoms with Crippen molar-refractivity contribution in [2.24, 2.45) is 5.73 Å². The first-order valence-corrected chi connectivity index (χ1v) is 8.13. The van der Waals surface area contributed by atoms with E-state index in [4.69, 9.17) is 10.8 Å². The second-order valence-electron chi connectivity index (χ2n) is 5.82. The minimum Gasteiger partial charge on any atom is -0.394 e. The number of hydrogen-bond acceptors (Lipinski definition) is 3. The molecular weight excluding hydrogens is 254 g/mol. The summed E-state index contributed by atoms with van der Waals surface area (Å²) in [6.45, 7) is 6.29. The molecule has 0 saturated heterocycles. The molecule has 0 radical (unpaired) electrons. The van der Waals surface area contributed by atoms with Crippen molar-refractivity contribution in [3.05, 3.63) is 34.9 Å². The van der Waals surface area contributed by atoms with Gasteiger partial charge in [-0.05, 0) is 44.9 Å². The van der Waals surface area contributed by atoms with Crippen molar-refractivity contribution in [3.8, 4) is 0 Å². The van der Waals surface area contributed by atoms with Crippen LogP contribution in [0, 0.1) is 13.8 Å². The van der Waals surface area contributed by atoms with Crippen molar-refractivity contribution in [1.29, 1.82) is 0 Å². The molecule has 0 aliphatic carbocycles. The summed E-state index contributed by atoms with van der Waals surface area (Å²) in [5.41, 5.74) is 9.60. The van der Waals surface area contributed by atoms with Crippen LogP contribution in [0.1, 0.15) is 42.9 Å². The maximum atomic E-state index is 9.07. The van der Waals surface area contributed by atoms with E-state index in [9.17, 15) is 0 Å². The highest BCUT2D eigenvalue weighted by atomic mass is 32.2. The molecule has 19 heavy (non-hydrogen) atoms. The lowest BCUT2D eigenvalue weighted by molar-refractivity contribution is 0.198. The largest absolute Gasteiger partial charge is 0.394 e. The maximum absolute atomic E-state index is 9.07. The first-order chi connectivity index (χ1) is 8.93. The predicted molar refractivity (Wildman–Crippen MR) is 85.6 cm³/mol. The highest BCUT2D eigenvalue weighted by Gasteiger charge is 2.15. The number of aryl methyl sites for hydroxylation is 2. The molecule has 0 aliphatic rings. The molecule has 2 nitrogen and oxygen atoms in total. The lowest BCUT2D eigenvalue weighted by Gasteiger charge is -2.21. The number of benzene rings is 1. The van der Waals surface area contributed by atoms with Crippen molar-refractivity contribution in [2.45, 2.75) is 51.3 Å². The quantitative estimate of drug-likeness (QED) is 0.718. The molecule has 0 spiro atoms. The van der Waals surface area contributed by atoms with Crippen molar-refractivity contribution in [1.82, 2.24) is 0 Å². The summed E-state index contributed by atoms with van der Waals surface area (Å²) in [4.78, 5) is 0. The van der Waals surface area contributed by atoms with Gasteiger partial charge in [0, 0.05) is 11.3 Å². The van der Waals surface area contributed by atoms with Crippen molar-refractivity contribution >= 4 is 11.8 Å². The number of aliphatic hydroxyl groups is 1. The summed E-state index contributed by atoms with van der Waals surface area (Å²) in [6, 6.07) is 6.75. The number of rotatable bonds is 8. The molecule has 0 heterocycles. The average molecular weight is 281 g/mol. The molecule has 1 aromatic carbocycles. The molecule has 0 bridgehead atoms. The van der Waals surface area contributed by atoms with Crippen LogP contribution in [-0.2, 0) is 5.75 Å². The Morgan fingerprint density at radius 3 is 2.37 bits per heavy atom. The Kier molecular flexibility index (Phi) is 6.90. The van der Waals surface area contributed by atoms with Crippen LogP contribution in [0.3, 0.4) is 0 Å². The highest BCUT2D eigenvalue weighted by molar-refractivity contribution is 7.98. The van der Waals surface area contributed by atoms with Crippen LogP contribution in [0.4, 0.5) is 0 Å². The monoisotopic (exact) mass is 281 g/mol. The van der Waals surface area contributed by atoms with Gasteiger partial charge in [0.2, 0.25) is 0 Å². The summed E-state index contributed by atoms with van der Waals surface area (Å²) < 4.78 is 0. The highest BCUT2D eigenvalue weighted by Crippen LogP contribution is 2.18. The summed E-state index contributed by atoms with van der Waals surface area (Å²) in [6.07, 6.45) is 3.16. The average Bonchev–Trinajstić information content (AvgIpc) is 2.32. The molecule has 0 fully saturated rings. The number of hydrogen-bond donors (Lipinski definition) is 2. The van der Waals surface area contributed by atoms with E-state index in [1.54, 1.807) is 0 Å². The van der Waals surface area contributed by atoms with Crippen LogP contribution in [0.2, 0.25) is 0 Å². The minimum atomic E-state index is -0.404. The smallest absolute Gasteiger partial charge is 0.0608 e. The number of thioether (sulfide) groups is 1. The Hall–Kier alpha value is -0.510. The van der Waals surface area contributed by atoms with Crippen molar-refractivity contribution in [2.75, 3.05) is 12.4 Å². The van der Waals surface area contributed by atoms with Gasteiger partial charge in [-0.2, -0.15) is 11.8 Å². The second-order valence-corrected chi connectivity index (χ2v) is 6.92. The molecular formula is C16H27NOS. The van der Waals surface area contributed by atoms with Gasteiger partial charge in [0.15, 0.2) is 0 Å². The zero-order chi connectivity index (χ0) is 14.3. The fourth-order valence-electron chi connectivity index (χ4n) is 2.15. The topological polar surface area (TPSA) is 46.2 Å². The summed E-state index contributed by atoms with van der Waals surface area (Å²) in [7, 11) is 0. The van der Waals surface area contributed by atoms with Gasteiger partial charge in [0.05, 0.1) is 6.61 Å². The van der Waals surface area contributed by atoms with E-state index < -0.39 is 5.54 Å². The molecule has 0 saturated carbocycles. The first-order valence-electron chi connectivity index (χ1n) is 6.97. The lowest BCUT2D eigenvalue weighted by Crippen LogP contribution is -2.39. The fourth-order valence-corrected chi connectivity index (χ4v) is 3.11. The Labute approximate surface area is 121 Å². The normalized spacial score (nSPS) is 14.4. The van der Waals surface area contributed by atoms with Crippen LogP contribution >= 0.6 is 11.8 Å². The van der Waals surface area contributed by atoms with Gasteiger partial charge in [-0.15, -0.1) is 0 Å². The molecule has 108 valence electrons. The molecule has 1 aromatic rings. The molecule has 1 unspecified atom stereocenters. The third kappa shape index (κ3) is 7.00. The van der Waals surface area contributed by atoms with E-state index in [0.717, 1.165) is 24.3 Å². The van der Waals surface area contributed by atoms with Gasteiger partial charge >= 0.3 is 0 Å². The van der Waals surface area contributed by atoms with E-state index in [-0.39, 0.29) is 6.61 Å². The molecule has 0 aromatic heterocycles. The van der Waals surface area contributed by atoms with Gasteiger partial charge in [-0.3, -0.25) is 0 Å². The first kappa shape index (κ1) is 16.5. The minimum absolute atomic E-state index is 0.0721. The van der Waals surface area contributed by atoms with E-state index in [2.05, 4.69) is 32.0 Å². The van der Waals surface area contributed by atoms with Crippen LogP contribution in [-0.4, -0.2) is 23.0 Å². The second kappa shape index (κ2) is 7.93. The Balaban J connectivity index is 2.17. The number of aliphatic hydroxyl groups excluding tert-OH is 1. The van der Waals surface area contributed by atoms with Crippen molar-refractivity contribution in [3.63, 3.8) is 0 Å². The van der Waals surface area contributed by atoms with E-state index >= 15 is 0 Å². The predicted octanol–water partition coefficient (Wildman–Crippen LogP) is 3.42. The van der Waals surface area contributed by atoms with Gasteiger partial charge in [-0.25, -0.2) is 0 Å². The lowest BCUT2D eigenvalue weighted by atomic mass is 9.98. The van der Waals surface area contributed by atoms with E-state index in [1.807, 2.05) is 18.7 Å². The van der Waals surface area contributed by atoms with Crippen molar-refractivity contribution < 1.29 is 5.11 Å². The number of unbranched alkanes of at least 4 members (excludes halogenated alkanes) is 1. The van der Waals surface area contributed by atoms with Gasteiger partial charge in [0.1, 0.15) is 0 Å². The SMILES string of the molecule is Cc1cc(C)cc(CSCCCCC(C)(N)CO)c1. The Morgan fingerprint density at radius 2 is 1.79 bits per heavy atom. The molecule has 0 amide bonds. The zero-order valence-corrected chi connectivity index (χ0v) is 13.2. The fraction of sp³-hybridized carbons (Fsp3) is 0.625. The molecule has 3 N–H and O–H groups in total. The Morgan fingerprint density at radius 1 is 1.16 bits per heavy atom. The molecule has 1 atom stereocenters. The van der Waals surface area contributed by atoms with E-state index in [1.165, 1.54) is 23.1 Å². The van der Waals surface area contributed by atoms with Gasteiger partial charge in [0.25, 0.3) is 0 Å². The molecule has 3 heteroatoms. The van der Waals surface area contributed by atoms with Crippen LogP contribution in [0.15, 0.2) is 18.2 Å². The third-order valence-electron chi connectivity index (χ3n) is 3.20.